The van der Waals surface area contributed by atoms with Crippen LogP contribution in [0.15, 0.2) is 18.2 Å². The van der Waals surface area contributed by atoms with Gasteiger partial charge < -0.3 is 5.32 Å². The summed E-state index contributed by atoms with van der Waals surface area (Å²) in [5.74, 6) is 0.205. The standard InChI is InChI=1S/C14H17NO/c1-9-3-4-10-8-14(2)6-5-12(16)15-13(14)11(10)7-9/h3-4,7,13H,5-6,8H2,1-2H3,(H,15,16)/t13-,14+/m1/s1. The summed E-state index contributed by atoms with van der Waals surface area (Å²) in [7, 11) is 0. The lowest BCUT2D eigenvalue weighted by Gasteiger charge is -2.36. The van der Waals surface area contributed by atoms with Crippen LogP contribution in [0.3, 0.4) is 0 Å². The van der Waals surface area contributed by atoms with Crippen molar-refractivity contribution in [2.75, 3.05) is 0 Å². The van der Waals surface area contributed by atoms with E-state index in [0.717, 1.165) is 12.8 Å². The van der Waals surface area contributed by atoms with Crippen LogP contribution in [0.5, 0.6) is 0 Å². The lowest BCUT2D eigenvalue weighted by molar-refractivity contribution is -0.125. The maximum atomic E-state index is 11.5. The van der Waals surface area contributed by atoms with Crippen molar-refractivity contribution in [3.8, 4) is 0 Å². The molecule has 0 unspecified atom stereocenters. The van der Waals surface area contributed by atoms with Crippen LogP contribution < -0.4 is 5.32 Å². The maximum Gasteiger partial charge on any atom is 0.220 e. The maximum absolute atomic E-state index is 11.5. The molecular weight excluding hydrogens is 198 g/mol. The van der Waals surface area contributed by atoms with Crippen molar-refractivity contribution in [1.29, 1.82) is 0 Å². The Balaban J connectivity index is 2.08. The van der Waals surface area contributed by atoms with Gasteiger partial charge in [-0.3, -0.25) is 4.79 Å². The minimum absolute atomic E-state index is 0.205. The molecule has 1 aromatic carbocycles. The van der Waals surface area contributed by atoms with E-state index >= 15 is 0 Å². The molecule has 2 nitrogen and oxygen atoms in total. The van der Waals surface area contributed by atoms with Crippen LogP contribution >= 0.6 is 0 Å². The number of carbonyl (C=O) groups excluding carboxylic acids is 1. The molecule has 1 fully saturated rings. The fourth-order valence-corrected chi connectivity index (χ4v) is 3.17. The van der Waals surface area contributed by atoms with Crippen LogP contribution in [0.1, 0.15) is 42.5 Å². The fourth-order valence-electron chi connectivity index (χ4n) is 3.17. The van der Waals surface area contributed by atoms with Crippen LogP contribution in [0.4, 0.5) is 0 Å². The number of hydrogen-bond acceptors (Lipinski definition) is 1. The second-order valence-corrected chi connectivity index (χ2v) is 5.53. The molecule has 2 aliphatic rings. The molecule has 3 rings (SSSR count). The van der Waals surface area contributed by atoms with E-state index in [0.29, 0.717) is 6.42 Å². The Morgan fingerprint density at radius 1 is 1.44 bits per heavy atom. The molecule has 1 aromatic rings. The van der Waals surface area contributed by atoms with Crippen LogP contribution in [-0.4, -0.2) is 5.91 Å². The van der Waals surface area contributed by atoms with E-state index in [-0.39, 0.29) is 17.4 Å². The molecule has 16 heavy (non-hydrogen) atoms. The van der Waals surface area contributed by atoms with Gasteiger partial charge in [-0.05, 0) is 36.3 Å². The number of nitrogens with one attached hydrogen (secondary N) is 1. The minimum atomic E-state index is 0.205. The molecule has 0 spiro atoms. The third kappa shape index (κ3) is 1.29. The Hall–Kier alpha value is -1.31. The molecule has 1 saturated heterocycles. The van der Waals surface area contributed by atoms with E-state index in [2.05, 4.69) is 37.4 Å². The highest BCUT2D eigenvalue weighted by Gasteiger charge is 2.45. The van der Waals surface area contributed by atoms with Crippen molar-refractivity contribution in [2.45, 2.75) is 39.2 Å². The average Bonchev–Trinajstić information content (AvgIpc) is 2.52. The molecule has 0 saturated carbocycles. The first-order valence-corrected chi connectivity index (χ1v) is 5.97. The van der Waals surface area contributed by atoms with Crippen molar-refractivity contribution in [3.63, 3.8) is 0 Å². The van der Waals surface area contributed by atoms with Gasteiger partial charge in [-0.1, -0.05) is 30.7 Å². The molecule has 1 amide bonds. The minimum Gasteiger partial charge on any atom is -0.349 e. The predicted octanol–water partition coefficient (Wildman–Crippen LogP) is 2.51. The first-order valence-electron chi connectivity index (χ1n) is 5.97. The van der Waals surface area contributed by atoms with Crippen molar-refractivity contribution < 1.29 is 4.79 Å². The molecular formula is C14H17NO. The molecule has 2 heteroatoms. The number of rotatable bonds is 0. The van der Waals surface area contributed by atoms with E-state index in [4.69, 9.17) is 0 Å². The van der Waals surface area contributed by atoms with Gasteiger partial charge in [-0.2, -0.15) is 0 Å². The first-order chi connectivity index (χ1) is 7.58. The van der Waals surface area contributed by atoms with Gasteiger partial charge in [0.1, 0.15) is 0 Å². The van der Waals surface area contributed by atoms with Crippen LogP contribution in [-0.2, 0) is 11.2 Å². The molecule has 0 radical (unpaired) electrons. The SMILES string of the molecule is Cc1ccc2c(c1)[C@H]1NC(=O)CC[C@@]1(C)C2. The van der Waals surface area contributed by atoms with E-state index < -0.39 is 0 Å². The summed E-state index contributed by atoms with van der Waals surface area (Å²) in [5, 5.41) is 3.16. The highest BCUT2D eigenvalue weighted by molar-refractivity contribution is 5.78. The number of aryl methyl sites for hydroxylation is 1. The molecule has 2 atom stereocenters. The lowest BCUT2D eigenvalue weighted by Crippen LogP contribution is -2.42. The van der Waals surface area contributed by atoms with Gasteiger partial charge in [-0.25, -0.2) is 0 Å². The Morgan fingerprint density at radius 3 is 3.06 bits per heavy atom. The summed E-state index contributed by atoms with van der Waals surface area (Å²) >= 11 is 0. The third-order valence-corrected chi connectivity index (χ3v) is 4.13. The summed E-state index contributed by atoms with van der Waals surface area (Å²) in [4.78, 5) is 11.5. The molecule has 0 bridgehead atoms. The van der Waals surface area contributed by atoms with E-state index in [1.54, 1.807) is 0 Å². The Labute approximate surface area is 96.1 Å². The van der Waals surface area contributed by atoms with Crippen molar-refractivity contribution in [1.82, 2.24) is 5.32 Å². The number of fused-ring (bicyclic) bond motifs is 3. The number of benzene rings is 1. The Bertz CT molecular complexity index is 466. The smallest absolute Gasteiger partial charge is 0.220 e. The van der Waals surface area contributed by atoms with Gasteiger partial charge in [0.25, 0.3) is 0 Å². The zero-order valence-electron chi connectivity index (χ0n) is 9.84. The van der Waals surface area contributed by atoms with Gasteiger partial charge in [0.2, 0.25) is 5.91 Å². The summed E-state index contributed by atoms with van der Waals surface area (Å²) in [6.07, 6.45) is 2.80. The molecule has 1 heterocycles. The first kappa shape index (κ1) is 9.88. The topological polar surface area (TPSA) is 29.1 Å². The molecule has 84 valence electrons. The zero-order valence-corrected chi connectivity index (χ0v) is 9.84. The quantitative estimate of drug-likeness (QED) is 0.708. The van der Waals surface area contributed by atoms with E-state index in [1.807, 2.05) is 0 Å². The van der Waals surface area contributed by atoms with Crippen molar-refractivity contribution in [3.05, 3.63) is 34.9 Å². The van der Waals surface area contributed by atoms with E-state index in [1.165, 1.54) is 16.7 Å². The predicted molar refractivity (Wildman–Crippen MR) is 63.1 cm³/mol. The largest absolute Gasteiger partial charge is 0.349 e. The summed E-state index contributed by atoms with van der Waals surface area (Å²) < 4.78 is 0. The second kappa shape index (κ2) is 3.09. The van der Waals surface area contributed by atoms with Gasteiger partial charge in [-0.15, -0.1) is 0 Å². The second-order valence-electron chi connectivity index (χ2n) is 5.53. The van der Waals surface area contributed by atoms with Gasteiger partial charge in [0.15, 0.2) is 0 Å². The lowest BCUT2D eigenvalue weighted by atomic mass is 9.76. The Kier molecular flexibility index (Phi) is 1.91. The molecule has 0 aromatic heterocycles. The normalized spacial score (nSPS) is 31.9. The third-order valence-electron chi connectivity index (χ3n) is 4.13. The van der Waals surface area contributed by atoms with Crippen LogP contribution in [0.25, 0.3) is 0 Å². The summed E-state index contributed by atoms with van der Waals surface area (Å²) in [6.45, 7) is 4.41. The highest BCUT2D eigenvalue weighted by Crippen LogP contribution is 2.50. The fraction of sp³-hybridized carbons (Fsp3) is 0.500. The van der Waals surface area contributed by atoms with Gasteiger partial charge in [0.05, 0.1) is 6.04 Å². The molecule has 1 aliphatic heterocycles. The summed E-state index contributed by atoms with van der Waals surface area (Å²) in [5.41, 5.74) is 4.28. The molecule has 1 N–H and O–H groups in total. The van der Waals surface area contributed by atoms with Gasteiger partial charge >= 0.3 is 0 Å². The number of carbonyl (C=O) groups is 1. The monoisotopic (exact) mass is 215 g/mol. The average molecular weight is 215 g/mol. The number of amides is 1. The highest BCUT2D eigenvalue weighted by atomic mass is 16.1. The number of piperidine rings is 1. The van der Waals surface area contributed by atoms with Crippen molar-refractivity contribution >= 4 is 5.91 Å². The molecule has 1 aliphatic carbocycles. The Morgan fingerprint density at radius 2 is 2.25 bits per heavy atom. The zero-order chi connectivity index (χ0) is 11.3. The summed E-state index contributed by atoms with van der Waals surface area (Å²) in [6, 6.07) is 6.86. The van der Waals surface area contributed by atoms with E-state index in [9.17, 15) is 4.79 Å². The number of hydrogen-bond donors (Lipinski definition) is 1. The van der Waals surface area contributed by atoms with Crippen molar-refractivity contribution in [2.24, 2.45) is 5.41 Å². The van der Waals surface area contributed by atoms with Crippen LogP contribution in [0, 0.1) is 12.3 Å². The van der Waals surface area contributed by atoms with Gasteiger partial charge in [0, 0.05) is 6.42 Å². The van der Waals surface area contributed by atoms with Crippen LogP contribution in [0.2, 0.25) is 0 Å².